The van der Waals surface area contributed by atoms with Crippen molar-refractivity contribution in [1.82, 2.24) is 15.5 Å². The Hall–Kier alpha value is -0.650. The van der Waals surface area contributed by atoms with Gasteiger partial charge in [0.1, 0.15) is 0 Å². The SMILES string of the molecule is O=C(CCNC1CCCC1)NCCN1CCOCC1. The topological polar surface area (TPSA) is 53.6 Å². The molecule has 5 nitrogen and oxygen atoms in total. The van der Waals surface area contributed by atoms with Crippen LogP contribution in [-0.2, 0) is 9.53 Å². The number of amides is 1. The molecular formula is C14H27N3O2. The van der Waals surface area contributed by atoms with Gasteiger partial charge in [0.05, 0.1) is 13.2 Å². The Morgan fingerprint density at radius 1 is 1.16 bits per heavy atom. The monoisotopic (exact) mass is 269 g/mol. The Morgan fingerprint density at radius 2 is 1.89 bits per heavy atom. The lowest BCUT2D eigenvalue weighted by Gasteiger charge is -2.26. The van der Waals surface area contributed by atoms with E-state index < -0.39 is 0 Å². The number of hydrogen-bond acceptors (Lipinski definition) is 4. The van der Waals surface area contributed by atoms with Gasteiger partial charge in [-0.25, -0.2) is 0 Å². The summed E-state index contributed by atoms with van der Waals surface area (Å²) in [6.45, 7) is 6.11. The molecule has 1 aliphatic heterocycles. The highest BCUT2D eigenvalue weighted by Crippen LogP contribution is 2.17. The normalized spacial score (nSPS) is 21.7. The second-order valence-corrected chi connectivity index (χ2v) is 5.49. The van der Waals surface area contributed by atoms with E-state index in [-0.39, 0.29) is 5.91 Å². The Balaban J connectivity index is 1.44. The van der Waals surface area contributed by atoms with Crippen LogP contribution in [0.5, 0.6) is 0 Å². The molecule has 2 rings (SSSR count). The first-order valence-electron chi connectivity index (χ1n) is 7.65. The maximum absolute atomic E-state index is 11.7. The van der Waals surface area contributed by atoms with E-state index in [0.717, 1.165) is 45.9 Å². The molecule has 5 heteroatoms. The molecule has 0 spiro atoms. The lowest BCUT2D eigenvalue weighted by atomic mass is 10.2. The predicted molar refractivity (Wildman–Crippen MR) is 75.1 cm³/mol. The minimum absolute atomic E-state index is 0.166. The zero-order valence-corrected chi connectivity index (χ0v) is 11.8. The molecule has 2 N–H and O–H groups in total. The first-order valence-corrected chi connectivity index (χ1v) is 7.65. The summed E-state index contributed by atoms with van der Waals surface area (Å²) >= 11 is 0. The smallest absolute Gasteiger partial charge is 0.221 e. The van der Waals surface area contributed by atoms with Gasteiger partial charge in [-0.2, -0.15) is 0 Å². The molecule has 2 aliphatic rings. The summed E-state index contributed by atoms with van der Waals surface area (Å²) in [6, 6.07) is 0.654. The van der Waals surface area contributed by atoms with Gasteiger partial charge in [-0.05, 0) is 12.8 Å². The summed E-state index contributed by atoms with van der Waals surface area (Å²) in [6.07, 6.45) is 5.82. The molecule has 1 amide bonds. The van der Waals surface area contributed by atoms with Crippen molar-refractivity contribution in [1.29, 1.82) is 0 Å². The third-order valence-electron chi connectivity index (χ3n) is 3.99. The largest absolute Gasteiger partial charge is 0.379 e. The van der Waals surface area contributed by atoms with E-state index in [4.69, 9.17) is 4.74 Å². The summed E-state index contributed by atoms with van der Waals surface area (Å²) < 4.78 is 5.29. The van der Waals surface area contributed by atoms with Gasteiger partial charge in [0.2, 0.25) is 5.91 Å². The molecule has 0 aromatic carbocycles. The van der Waals surface area contributed by atoms with Crippen LogP contribution >= 0.6 is 0 Å². The van der Waals surface area contributed by atoms with E-state index in [9.17, 15) is 4.79 Å². The van der Waals surface area contributed by atoms with Crippen LogP contribution in [0.15, 0.2) is 0 Å². The van der Waals surface area contributed by atoms with E-state index in [1.54, 1.807) is 0 Å². The lowest BCUT2D eigenvalue weighted by Crippen LogP contribution is -2.41. The number of carbonyl (C=O) groups excluding carboxylic acids is 1. The van der Waals surface area contributed by atoms with Crippen LogP contribution in [0.3, 0.4) is 0 Å². The minimum Gasteiger partial charge on any atom is -0.379 e. The van der Waals surface area contributed by atoms with Crippen molar-refractivity contribution < 1.29 is 9.53 Å². The molecule has 1 saturated carbocycles. The summed E-state index contributed by atoms with van der Waals surface area (Å²) in [4.78, 5) is 14.0. The van der Waals surface area contributed by atoms with Crippen molar-refractivity contribution in [3.8, 4) is 0 Å². The van der Waals surface area contributed by atoms with Crippen LogP contribution in [0.2, 0.25) is 0 Å². The molecule has 0 atom stereocenters. The Morgan fingerprint density at radius 3 is 2.63 bits per heavy atom. The fourth-order valence-corrected chi connectivity index (χ4v) is 2.79. The van der Waals surface area contributed by atoms with Gasteiger partial charge < -0.3 is 15.4 Å². The highest BCUT2D eigenvalue weighted by molar-refractivity contribution is 5.76. The zero-order chi connectivity index (χ0) is 13.3. The Labute approximate surface area is 116 Å². The van der Waals surface area contributed by atoms with Crippen molar-refractivity contribution in [2.45, 2.75) is 38.1 Å². The van der Waals surface area contributed by atoms with E-state index in [1.807, 2.05) is 0 Å². The minimum atomic E-state index is 0.166. The number of nitrogens with one attached hydrogen (secondary N) is 2. The molecule has 0 aromatic heterocycles. The highest BCUT2D eigenvalue weighted by Gasteiger charge is 2.14. The molecule has 1 heterocycles. The fourth-order valence-electron chi connectivity index (χ4n) is 2.79. The number of nitrogens with zero attached hydrogens (tertiary/aromatic N) is 1. The summed E-state index contributed by atoms with van der Waals surface area (Å²) in [5.74, 6) is 0.166. The van der Waals surface area contributed by atoms with Gasteiger partial charge in [0.25, 0.3) is 0 Å². The van der Waals surface area contributed by atoms with Gasteiger partial charge in [-0.15, -0.1) is 0 Å². The molecule has 1 saturated heterocycles. The van der Waals surface area contributed by atoms with Crippen LogP contribution in [0.4, 0.5) is 0 Å². The predicted octanol–water partition coefficient (Wildman–Crippen LogP) is 0.357. The van der Waals surface area contributed by atoms with Crippen molar-refractivity contribution in [3.05, 3.63) is 0 Å². The molecule has 2 fully saturated rings. The third-order valence-corrected chi connectivity index (χ3v) is 3.99. The third kappa shape index (κ3) is 5.89. The highest BCUT2D eigenvalue weighted by atomic mass is 16.5. The van der Waals surface area contributed by atoms with Crippen molar-refractivity contribution >= 4 is 5.91 Å². The summed E-state index contributed by atoms with van der Waals surface area (Å²) in [7, 11) is 0. The number of rotatable bonds is 7. The number of ether oxygens (including phenoxy) is 1. The van der Waals surface area contributed by atoms with Crippen LogP contribution in [0, 0.1) is 0 Å². The van der Waals surface area contributed by atoms with E-state index >= 15 is 0 Å². The molecule has 0 unspecified atom stereocenters. The van der Waals surface area contributed by atoms with Crippen LogP contribution in [0.1, 0.15) is 32.1 Å². The van der Waals surface area contributed by atoms with Crippen molar-refractivity contribution in [3.63, 3.8) is 0 Å². The van der Waals surface area contributed by atoms with Crippen molar-refractivity contribution in [2.75, 3.05) is 45.9 Å². The molecular weight excluding hydrogens is 242 g/mol. The standard InChI is InChI=1S/C14H27N3O2/c18-14(5-6-15-13-3-1-2-4-13)16-7-8-17-9-11-19-12-10-17/h13,15H,1-12H2,(H,16,18). The average Bonchev–Trinajstić information content (AvgIpc) is 2.93. The maximum atomic E-state index is 11.7. The van der Waals surface area contributed by atoms with E-state index in [2.05, 4.69) is 15.5 Å². The van der Waals surface area contributed by atoms with Gasteiger partial charge in [0.15, 0.2) is 0 Å². The van der Waals surface area contributed by atoms with E-state index in [1.165, 1.54) is 25.7 Å². The first kappa shape index (κ1) is 14.8. The second kappa shape index (κ2) is 8.51. The quantitative estimate of drug-likeness (QED) is 0.700. The molecule has 19 heavy (non-hydrogen) atoms. The molecule has 1 aliphatic carbocycles. The van der Waals surface area contributed by atoms with Crippen LogP contribution in [0.25, 0.3) is 0 Å². The molecule has 0 bridgehead atoms. The fraction of sp³-hybridized carbons (Fsp3) is 0.929. The van der Waals surface area contributed by atoms with Gasteiger partial charge >= 0.3 is 0 Å². The molecule has 0 aromatic rings. The molecule has 110 valence electrons. The van der Waals surface area contributed by atoms with Crippen molar-refractivity contribution in [2.24, 2.45) is 0 Å². The average molecular weight is 269 g/mol. The first-order chi connectivity index (χ1) is 9.34. The lowest BCUT2D eigenvalue weighted by molar-refractivity contribution is -0.121. The number of carbonyl (C=O) groups is 1. The Bertz CT molecular complexity index is 261. The van der Waals surface area contributed by atoms with Crippen LogP contribution < -0.4 is 10.6 Å². The molecule has 0 radical (unpaired) electrons. The van der Waals surface area contributed by atoms with Crippen LogP contribution in [-0.4, -0.2) is 62.8 Å². The summed E-state index contributed by atoms with van der Waals surface area (Å²) in [5, 5.41) is 6.46. The Kier molecular flexibility index (Phi) is 6.61. The second-order valence-electron chi connectivity index (χ2n) is 5.49. The van der Waals surface area contributed by atoms with Gasteiger partial charge in [-0.3, -0.25) is 9.69 Å². The number of hydrogen-bond donors (Lipinski definition) is 2. The van der Waals surface area contributed by atoms with Gasteiger partial charge in [-0.1, -0.05) is 12.8 Å². The maximum Gasteiger partial charge on any atom is 0.221 e. The zero-order valence-electron chi connectivity index (χ0n) is 11.8. The van der Waals surface area contributed by atoms with Gasteiger partial charge in [0, 0.05) is 45.2 Å². The van der Waals surface area contributed by atoms with E-state index in [0.29, 0.717) is 12.5 Å². The summed E-state index contributed by atoms with van der Waals surface area (Å²) in [5.41, 5.74) is 0. The number of morpholine rings is 1.